The van der Waals surface area contributed by atoms with Crippen LogP contribution >= 0.6 is 15.9 Å². The van der Waals surface area contributed by atoms with Crippen LogP contribution in [-0.2, 0) is 0 Å². The molecule has 0 unspecified atom stereocenters. The maximum Gasteiger partial charge on any atom is 0.319 e. The molecule has 1 N–H and O–H groups in total. The largest absolute Gasteiger partial charge is 0.476 e. The molecule has 0 aliphatic heterocycles. The van der Waals surface area contributed by atoms with Gasteiger partial charge in [0.25, 0.3) is 5.91 Å². The minimum Gasteiger partial charge on any atom is -0.476 e. The van der Waals surface area contributed by atoms with Gasteiger partial charge in [-0.1, -0.05) is 22.0 Å². The predicted molar refractivity (Wildman–Crippen MR) is 86.5 cm³/mol. The Morgan fingerprint density at radius 3 is 2.73 bits per heavy atom. The second-order valence-electron chi connectivity index (χ2n) is 4.20. The van der Waals surface area contributed by atoms with Gasteiger partial charge in [0, 0.05) is 10.0 Å². The third-order valence-corrected chi connectivity index (χ3v) is 3.11. The fraction of sp³-hybridized carbons (Fsp3) is 0.267. The van der Waals surface area contributed by atoms with E-state index in [1.165, 1.54) is 6.20 Å². The van der Waals surface area contributed by atoms with Crippen LogP contribution in [0.15, 0.2) is 34.9 Å². The Morgan fingerprint density at radius 2 is 2.05 bits per heavy atom. The van der Waals surface area contributed by atoms with Crippen LogP contribution in [0, 0.1) is 0 Å². The zero-order chi connectivity index (χ0) is 15.9. The third-order valence-electron chi connectivity index (χ3n) is 2.62. The molecule has 2 rings (SSSR count). The molecule has 22 heavy (non-hydrogen) atoms. The molecule has 7 heteroatoms. The Labute approximate surface area is 137 Å². The maximum atomic E-state index is 12.3. The average Bonchev–Trinajstić information content (AvgIpc) is 2.50. The number of rotatable bonds is 6. The van der Waals surface area contributed by atoms with Gasteiger partial charge < -0.3 is 14.8 Å². The number of halogens is 1. The van der Waals surface area contributed by atoms with Gasteiger partial charge >= 0.3 is 6.01 Å². The van der Waals surface area contributed by atoms with Crippen LogP contribution in [0.25, 0.3) is 0 Å². The molecule has 1 aromatic carbocycles. The molecule has 1 amide bonds. The zero-order valence-electron chi connectivity index (χ0n) is 12.3. The number of hydrogen-bond donors (Lipinski definition) is 1. The first-order chi connectivity index (χ1) is 10.6. The third kappa shape index (κ3) is 4.17. The Balaban J connectivity index is 2.22. The standard InChI is InChI=1S/C15H16BrN3O3/c1-3-21-14-12(9-17-15(19-14)22-4-2)18-13(20)10-6-5-7-11(16)8-10/h5-9H,3-4H2,1-2H3,(H,18,20). The van der Waals surface area contributed by atoms with E-state index in [9.17, 15) is 4.79 Å². The van der Waals surface area contributed by atoms with Gasteiger partial charge in [0.1, 0.15) is 5.69 Å². The topological polar surface area (TPSA) is 73.3 Å². The summed E-state index contributed by atoms with van der Waals surface area (Å²) in [4.78, 5) is 20.4. The summed E-state index contributed by atoms with van der Waals surface area (Å²) in [5.74, 6) is 0.0132. The van der Waals surface area contributed by atoms with Gasteiger partial charge in [-0.05, 0) is 32.0 Å². The molecule has 1 aromatic heterocycles. The summed E-state index contributed by atoms with van der Waals surface area (Å²) in [6, 6.07) is 7.30. The number of amides is 1. The molecule has 0 radical (unpaired) electrons. The molecule has 0 fully saturated rings. The molecular weight excluding hydrogens is 350 g/mol. The highest BCUT2D eigenvalue weighted by atomic mass is 79.9. The molecule has 0 aliphatic rings. The maximum absolute atomic E-state index is 12.3. The molecule has 0 aliphatic carbocycles. The van der Waals surface area contributed by atoms with Crippen molar-refractivity contribution < 1.29 is 14.3 Å². The monoisotopic (exact) mass is 365 g/mol. The summed E-state index contributed by atoms with van der Waals surface area (Å²) in [5.41, 5.74) is 0.918. The van der Waals surface area contributed by atoms with Gasteiger partial charge in [-0.25, -0.2) is 4.98 Å². The zero-order valence-corrected chi connectivity index (χ0v) is 13.9. The quantitative estimate of drug-likeness (QED) is 0.849. The molecule has 0 bridgehead atoms. The molecule has 6 nitrogen and oxygen atoms in total. The van der Waals surface area contributed by atoms with Crippen molar-refractivity contribution >= 4 is 27.5 Å². The molecule has 0 spiro atoms. The first kappa shape index (κ1) is 16.2. The molecule has 2 aromatic rings. The summed E-state index contributed by atoms with van der Waals surface area (Å²) < 4.78 is 11.5. The number of aromatic nitrogens is 2. The van der Waals surface area contributed by atoms with Gasteiger partial charge in [-0.3, -0.25) is 4.79 Å². The van der Waals surface area contributed by atoms with E-state index in [-0.39, 0.29) is 17.8 Å². The van der Waals surface area contributed by atoms with Crippen LogP contribution in [0.1, 0.15) is 24.2 Å². The van der Waals surface area contributed by atoms with Crippen LogP contribution < -0.4 is 14.8 Å². The first-order valence-corrected chi connectivity index (χ1v) is 7.62. The number of anilines is 1. The summed E-state index contributed by atoms with van der Waals surface area (Å²) in [5, 5.41) is 2.74. The van der Waals surface area contributed by atoms with E-state index in [2.05, 4.69) is 31.2 Å². The highest BCUT2D eigenvalue weighted by Crippen LogP contribution is 2.24. The van der Waals surface area contributed by atoms with Crippen LogP contribution in [0.2, 0.25) is 0 Å². The van der Waals surface area contributed by atoms with Crippen LogP contribution in [0.4, 0.5) is 5.69 Å². The summed E-state index contributed by atoms with van der Waals surface area (Å²) in [6.45, 7) is 4.55. The highest BCUT2D eigenvalue weighted by molar-refractivity contribution is 9.10. The number of nitrogens with zero attached hydrogens (tertiary/aromatic N) is 2. The number of ether oxygens (including phenoxy) is 2. The number of hydrogen-bond acceptors (Lipinski definition) is 5. The molecule has 0 atom stereocenters. The van der Waals surface area contributed by atoms with Crippen molar-refractivity contribution in [3.05, 3.63) is 40.5 Å². The van der Waals surface area contributed by atoms with E-state index in [0.29, 0.717) is 24.5 Å². The van der Waals surface area contributed by atoms with Crippen LogP contribution in [-0.4, -0.2) is 29.1 Å². The summed E-state index contributed by atoms with van der Waals surface area (Å²) in [7, 11) is 0. The Morgan fingerprint density at radius 1 is 1.27 bits per heavy atom. The van der Waals surface area contributed by atoms with E-state index < -0.39 is 0 Å². The molecule has 1 heterocycles. The Bertz CT molecular complexity index is 664. The Hall–Kier alpha value is -2.15. The fourth-order valence-electron chi connectivity index (χ4n) is 1.71. The van der Waals surface area contributed by atoms with Crippen molar-refractivity contribution in [3.8, 4) is 11.9 Å². The lowest BCUT2D eigenvalue weighted by atomic mass is 10.2. The van der Waals surface area contributed by atoms with Gasteiger partial charge in [0.05, 0.1) is 19.4 Å². The number of carbonyl (C=O) groups excluding carboxylic acids is 1. The van der Waals surface area contributed by atoms with Crippen molar-refractivity contribution in [2.45, 2.75) is 13.8 Å². The van der Waals surface area contributed by atoms with Crippen LogP contribution in [0.3, 0.4) is 0 Å². The highest BCUT2D eigenvalue weighted by Gasteiger charge is 2.13. The lowest BCUT2D eigenvalue weighted by molar-refractivity contribution is 0.102. The lowest BCUT2D eigenvalue weighted by Gasteiger charge is -2.11. The number of benzene rings is 1. The molecular formula is C15H16BrN3O3. The van der Waals surface area contributed by atoms with Gasteiger partial charge in [0.15, 0.2) is 0 Å². The van der Waals surface area contributed by atoms with Crippen molar-refractivity contribution in [1.82, 2.24) is 9.97 Å². The second kappa shape index (κ2) is 7.74. The first-order valence-electron chi connectivity index (χ1n) is 6.83. The minimum absolute atomic E-state index is 0.214. The summed E-state index contributed by atoms with van der Waals surface area (Å²) >= 11 is 3.34. The van der Waals surface area contributed by atoms with E-state index in [4.69, 9.17) is 9.47 Å². The van der Waals surface area contributed by atoms with Crippen LogP contribution in [0.5, 0.6) is 11.9 Å². The van der Waals surface area contributed by atoms with E-state index >= 15 is 0 Å². The molecule has 0 saturated heterocycles. The van der Waals surface area contributed by atoms with E-state index in [1.54, 1.807) is 18.2 Å². The lowest BCUT2D eigenvalue weighted by Crippen LogP contribution is -2.14. The van der Waals surface area contributed by atoms with Crippen molar-refractivity contribution in [1.29, 1.82) is 0 Å². The van der Waals surface area contributed by atoms with Gasteiger partial charge in [0.2, 0.25) is 5.88 Å². The van der Waals surface area contributed by atoms with E-state index in [0.717, 1.165) is 4.47 Å². The van der Waals surface area contributed by atoms with Gasteiger partial charge in [-0.2, -0.15) is 4.98 Å². The molecule has 0 saturated carbocycles. The predicted octanol–water partition coefficient (Wildman–Crippen LogP) is 3.29. The number of carbonyl (C=O) groups is 1. The normalized spacial score (nSPS) is 10.1. The van der Waals surface area contributed by atoms with Crippen molar-refractivity contribution in [2.24, 2.45) is 0 Å². The SMILES string of the molecule is CCOc1ncc(NC(=O)c2cccc(Br)c2)c(OCC)n1. The molecule has 116 valence electrons. The average molecular weight is 366 g/mol. The smallest absolute Gasteiger partial charge is 0.319 e. The number of nitrogens with one attached hydrogen (secondary N) is 1. The van der Waals surface area contributed by atoms with Crippen molar-refractivity contribution in [3.63, 3.8) is 0 Å². The fourth-order valence-corrected chi connectivity index (χ4v) is 2.11. The second-order valence-corrected chi connectivity index (χ2v) is 5.12. The summed E-state index contributed by atoms with van der Waals surface area (Å²) in [6.07, 6.45) is 1.47. The minimum atomic E-state index is -0.269. The Kier molecular flexibility index (Phi) is 5.71. The van der Waals surface area contributed by atoms with E-state index in [1.807, 2.05) is 19.9 Å². The van der Waals surface area contributed by atoms with Gasteiger partial charge in [-0.15, -0.1) is 0 Å². The van der Waals surface area contributed by atoms with Crippen molar-refractivity contribution in [2.75, 3.05) is 18.5 Å².